The number of nitrogens with one attached hydrogen (secondary N) is 1. The second-order valence-corrected chi connectivity index (χ2v) is 11.5. The summed E-state index contributed by atoms with van der Waals surface area (Å²) in [5.74, 6) is -1.64. The number of amides is 2. The lowest BCUT2D eigenvalue weighted by molar-refractivity contribution is 0.249. The molecular weight excluding hydrogens is 540 g/mol. The van der Waals surface area contributed by atoms with Crippen LogP contribution in [0.4, 0.5) is 25.0 Å². The van der Waals surface area contributed by atoms with Gasteiger partial charge in [0.25, 0.3) is 0 Å². The molecule has 1 aliphatic heterocycles. The molecule has 1 atom stereocenters. The van der Waals surface area contributed by atoms with Gasteiger partial charge in [-0.1, -0.05) is 27.2 Å². The third-order valence-electron chi connectivity index (χ3n) is 8.74. The lowest BCUT2D eigenvalue weighted by atomic mass is 9.95. The summed E-state index contributed by atoms with van der Waals surface area (Å²) in [6.07, 6.45) is 8.83. The molecule has 1 aromatic carbocycles. The molecule has 1 aliphatic carbocycles. The van der Waals surface area contributed by atoms with Gasteiger partial charge in [-0.25, -0.2) is 18.6 Å². The molecule has 1 unspecified atom stereocenters. The summed E-state index contributed by atoms with van der Waals surface area (Å²) in [5, 5.41) is 0.875. The van der Waals surface area contributed by atoms with E-state index in [1.165, 1.54) is 27.1 Å². The first-order valence-electron chi connectivity index (χ1n) is 15.3. The number of ether oxygens (including phenoxy) is 2. The number of hydrogen-bond donors (Lipinski definition) is 1. The van der Waals surface area contributed by atoms with Crippen LogP contribution < -0.4 is 19.3 Å². The number of carbonyl (C=O) groups is 1. The van der Waals surface area contributed by atoms with Gasteiger partial charge < -0.3 is 19.4 Å². The Hall–Kier alpha value is -3.40. The maximum atomic E-state index is 15.5. The standard InChI is InChI=1S/C32H43F2N5O3/c1-6-14-37(8-3)15-13-20(7-2)9-10-22-16-24-29-21(18-35-31(24)36-22)19-38(32(40)39(29)23-11-12-23)30-27(33)25(41-4)17-26(42-5)28(30)34/h16-18,20,23H,6-15,19H2,1-5H3,(H,35,36). The average molecular weight is 584 g/mol. The van der Waals surface area contributed by atoms with Crippen molar-refractivity contribution in [3.63, 3.8) is 0 Å². The number of nitrogens with zero attached hydrogens (tertiary/aromatic N) is 4. The number of aromatic amines is 1. The van der Waals surface area contributed by atoms with E-state index in [-0.39, 0.29) is 24.1 Å². The van der Waals surface area contributed by atoms with Crippen molar-refractivity contribution in [3.05, 3.63) is 41.2 Å². The Balaban J connectivity index is 1.43. The van der Waals surface area contributed by atoms with Crippen molar-refractivity contribution in [2.24, 2.45) is 5.92 Å². The van der Waals surface area contributed by atoms with Crippen molar-refractivity contribution in [1.82, 2.24) is 14.9 Å². The fourth-order valence-corrected chi connectivity index (χ4v) is 6.13. The first kappa shape index (κ1) is 30.1. The van der Waals surface area contributed by atoms with E-state index in [4.69, 9.17) is 9.47 Å². The van der Waals surface area contributed by atoms with Gasteiger partial charge >= 0.3 is 6.03 Å². The molecule has 3 heterocycles. The number of urea groups is 1. The molecule has 1 fully saturated rings. The Kier molecular flexibility index (Phi) is 9.20. The Bertz CT molecular complexity index is 1390. The zero-order valence-electron chi connectivity index (χ0n) is 25.4. The summed E-state index contributed by atoms with van der Waals surface area (Å²) < 4.78 is 41.2. The van der Waals surface area contributed by atoms with Crippen molar-refractivity contribution in [1.29, 1.82) is 0 Å². The Morgan fingerprint density at radius 3 is 2.36 bits per heavy atom. The average Bonchev–Trinajstić information content (AvgIpc) is 3.74. The SMILES string of the molecule is CCCN(CC)CCC(CC)CCc1cc2c3c(cnc2[nH]1)CN(c1c(F)c(OC)cc(OC)c1F)C(=O)N3C1CC1. The number of methoxy groups -OCH3 is 2. The smallest absolute Gasteiger partial charge is 0.329 e. The van der Waals surface area contributed by atoms with Gasteiger partial charge in [0.05, 0.1) is 26.5 Å². The Morgan fingerprint density at radius 1 is 1.05 bits per heavy atom. The number of anilines is 2. The zero-order valence-corrected chi connectivity index (χ0v) is 25.4. The summed E-state index contributed by atoms with van der Waals surface area (Å²) in [6.45, 7) is 10.0. The molecule has 8 nitrogen and oxygen atoms in total. The van der Waals surface area contributed by atoms with Gasteiger partial charge in [0.2, 0.25) is 0 Å². The Labute approximate surface area is 247 Å². The fourth-order valence-electron chi connectivity index (χ4n) is 6.13. The van der Waals surface area contributed by atoms with Crippen molar-refractivity contribution in [2.45, 2.75) is 78.3 Å². The second-order valence-electron chi connectivity index (χ2n) is 11.5. The number of rotatable bonds is 14. The van der Waals surface area contributed by atoms with Crippen LogP contribution in [0.1, 0.15) is 70.6 Å². The third-order valence-corrected chi connectivity index (χ3v) is 8.74. The number of halogens is 2. The minimum Gasteiger partial charge on any atom is -0.493 e. The van der Waals surface area contributed by atoms with E-state index >= 15 is 8.78 Å². The summed E-state index contributed by atoms with van der Waals surface area (Å²) in [7, 11) is 2.59. The number of aromatic nitrogens is 2. The molecule has 228 valence electrons. The van der Waals surface area contributed by atoms with Gasteiger partial charge in [-0.2, -0.15) is 0 Å². The maximum Gasteiger partial charge on any atom is 0.329 e. The molecule has 1 N–H and O–H groups in total. The highest BCUT2D eigenvalue weighted by Crippen LogP contribution is 2.45. The number of hydrogen-bond acceptors (Lipinski definition) is 5. The van der Waals surface area contributed by atoms with Gasteiger partial charge in [-0.3, -0.25) is 9.80 Å². The monoisotopic (exact) mass is 583 g/mol. The minimum atomic E-state index is -0.941. The summed E-state index contributed by atoms with van der Waals surface area (Å²) >= 11 is 0. The van der Waals surface area contributed by atoms with E-state index in [1.54, 1.807) is 11.1 Å². The van der Waals surface area contributed by atoms with E-state index in [1.807, 2.05) is 0 Å². The first-order chi connectivity index (χ1) is 20.3. The summed E-state index contributed by atoms with van der Waals surface area (Å²) in [5.41, 5.74) is 2.86. The summed E-state index contributed by atoms with van der Waals surface area (Å²) in [4.78, 5) is 27.5. The number of H-pyrrole nitrogens is 1. The highest BCUT2D eigenvalue weighted by atomic mass is 19.1. The molecular formula is C32H43F2N5O3. The lowest BCUT2D eigenvalue weighted by Crippen LogP contribution is -2.49. The maximum absolute atomic E-state index is 15.5. The third kappa shape index (κ3) is 5.78. The number of pyridine rings is 1. The van der Waals surface area contributed by atoms with E-state index in [0.29, 0.717) is 5.92 Å². The number of aryl methyl sites for hydroxylation is 1. The molecule has 1 saturated carbocycles. The number of carbonyl (C=O) groups excluding carboxylic acids is 1. The highest BCUT2D eigenvalue weighted by Gasteiger charge is 2.44. The molecule has 2 aromatic heterocycles. The molecule has 0 radical (unpaired) electrons. The van der Waals surface area contributed by atoms with E-state index in [2.05, 4.69) is 41.7 Å². The lowest BCUT2D eigenvalue weighted by Gasteiger charge is -2.37. The Morgan fingerprint density at radius 2 is 1.76 bits per heavy atom. The van der Waals surface area contributed by atoms with Gasteiger partial charge in [-0.05, 0) is 70.1 Å². The topological polar surface area (TPSA) is 73.9 Å². The van der Waals surface area contributed by atoms with E-state index in [9.17, 15) is 4.79 Å². The second kappa shape index (κ2) is 12.9. The fraction of sp³-hybridized carbons (Fsp3) is 0.562. The number of benzene rings is 1. The van der Waals surface area contributed by atoms with E-state index in [0.717, 1.165) is 90.7 Å². The predicted molar refractivity (Wildman–Crippen MR) is 162 cm³/mol. The molecule has 2 aliphatic rings. The quantitative estimate of drug-likeness (QED) is 0.220. The van der Waals surface area contributed by atoms with Crippen LogP contribution in [0.2, 0.25) is 0 Å². The van der Waals surface area contributed by atoms with Crippen LogP contribution in [-0.2, 0) is 13.0 Å². The van der Waals surface area contributed by atoms with Crippen LogP contribution in [0, 0.1) is 17.6 Å². The summed E-state index contributed by atoms with van der Waals surface area (Å²) in [6, 6.07) is 2.76. The van der Waals surface area contributed by atoms with Crippen molar-refractivity contribution < 1.29 is 23.0 Å². The molecule has 2 amide bonds. The molecule has 42 heavy (non-hydrogen) atoms. The van der Waals surface area contributed by atoms with Gasteiger partial charge in [0.1, 0.15) is 11.3 Å². The van der Waals surface area contributed by atoms with Crippen molar-refractivity contribution in [3.8, 4) is 11.5 Å². The largest absolute Gasteiger partial charge is 0.493 e. The zero-order chi connectivity index (χ0) is 30.0. The molecule has 5 rings (SSSR count). The van der Waals surface area contributed by atoms with Gasteiger partial charge in [0, 0.05) is 34.9 Å². The first-order valence-corrected chi connectivity index (χ1v) is 15.3. The molecule has 0 saturated heterocycles. The van der Waals surface area contributed by atoms with E-state index < -0.39 is 23.4 Å². The van der Waals surface area contributed by atoms with Crippen LogP contribution in [0.5, 0.6) is 11.5 Å². The van der Waals surface area contributed by atoms with Crippen molar-refractivity contribution >= 4 is 28.4 Å². The van der Waals surface area contributed by atoms with Crippen LogP contribution in [-0.4, -0.2) is 60.8 Å². The van der Waals surface area contributed by atoms with Crippen molar-refractivity contribution in [2.75, 3.05) is 43.7 Å². The van der Waals surface area contributed by atoms with Gasteiger partial charge in [0.15, 0.2) is 23.1 Å². The highest BCUT2D eigenvalue weighted by molar-refractivity contribution is 6.12. The van der Waals surface area contributed by atoms with Crippen LogP contribution in [0.3, 0.4) is 0 Å². The van der Waals surface area contributed by atoms with Crippen LogP contribution in [0.25, 0.3) is 11.0 Å². The minimum absolute atomic E-state index is 0.0192. The molecule has 3 aromatic rings. The molecule has 10 heteroatoms. The van der Waals surface area contributed by atoms with Crippen LogP contribution in [0.15, 0.2) is 18.3 Å². The predicted octanol–water partition coefficient (Wildman–Crippen LogP) is 7.05. The van der Waals surface area contributed by atoms with Crippen LogP contribution >= 0.6 is 0 Å². The molecule has 0 spiro atoms. The van der Waals surface area contributed by atoms with Gasteiger partial charge in [-0.15, -0.1) is 0 Å². The number of fused-ring (bicyclic) bond motifs is 3. The molecule has 0 bridgehead atoms. The normalized spacial score (nSPS) is 16.0.